The van der Waals surface area contributed by atoms with Crippen molar-refractivity contribution in [1.82, 2.24) is 13.6 Å². The number of hydrogen-bond donors (Lipinski definition) is 3. The first kappa shape index (κ1) is 33.4. The van der Waals surface area contributed by atoms with Gasteiger partial charge in [0.15, 0.2) is 11.6 Å². The molecular weight excluding hydrogens is 450 g/mol. The van der Waals surface area contributed by atoms with E-state index in [1.54, 1.807) is 52.6 Å². The van der Waals surface area contributed by atoms with Crippen LogP contribution in [0.3, 0.4) is 0 Å². The lowest BCUT2D eigenvalue weighted by molar-refractivity contribution is 0.0824. The predicted octanol–water partition coefficient (Wildman–Crippen LogP) is 6.25. The maximum absolute atomic E-state index is 11.6. The van der Waals surface area contributed by atoms with Gasteiger partial charge in [-0.3, -0.25) is 4.79 Å². The van der Waals surface area contributed by atoms with Gasteiger partial charge in [-0.25, -0.2) is 0 Å². The van der Waals surface area contributed by atoms with Gasteiger partial charge >= 0.3 is 0 Å². The van der Waals surface area contributed by atoms with E-state index in [-0.39, 0.29) is 17.7 Å². The molecule has 0 saturated heterocycles. The molecule has 0 bridgehead atoms. The van der Waals surface area contributed by atoms with Gasteiger partial charge in [-0.05, 0) is 31.1 Å². The number of carbonyl (C=O) groups is 1. The SMILES string of the molecule is CC.CC.CCC/C=C(\OC)[C@@H](CC)Nc1cnsn1.CNc1cccc(C(=O)N(C)C)c1O. The Morgan fingerprint density at radius 2 is 1.88 bits per heavy atom. The van der Waals surface area contributed by atoms with Crippen LogP contribution < -0.4 is 10.6 Å². The molecule has 1 atom stereocenters. The van der Waals surface area contributed by atoms with Crippen molar-refractivity contribution in [3.05, 3.63) is 41.8 Å². The topological polar surface area (TPSA) is 99.6 Å². The maximum Gasteiger partial charge on any atom is 0.257 e. The van der Waals surface area contributed by atoms with Crippen molar-refractivity contribution in [3.63, 3.8) is 0 Å². The lowest BCUT2D eigenvalue weighted by Gasteiger charge is -2.18. The fraction of sp³-hybridized carbons (Fsp3) is 0.560. The van der Waals surface area contributed by atoms with E-state index in [2.05, 4.69) is 39.3 Å². The summed E-state index contributed by atoms with van der Waals surface area (Å²) in [6.45, 7) is 12.3. The number of nitrogens with one attached hydrogen (secondary N) is 2. The van der Waals surface area contributed by atoms with Crippen molar-refractivity contribution in [1.29, 1.82) is 0 Å². The van der Waals surface area contributed by atoms with Gasteiger partial charge in [0.2, 0.25) is 0 Å². The van der Waals surface area contributed by atoms with Crippen molar-refractivity contribution in [2.75, 3.05) is 38.9 Å². The second kappa shape index (κ2) is 20.8. The predicted molar refractivity (Wildman–Crippen MR) is 146 cm³/mol. The van der Waals surface area contributed by atoms with Crippen LogP contribution in [0.25, 0.3) is 0 Å². The van der Waals surface area contributed by atoms with Crippen LogP contribution in [0.5, 0.6) is 5.75 Å². The molecule has 0 saturated carbocycles. The number of ether oxygens (including phenoxy) is 1. The van der Waals surface area contributed by atoms with Crippen LogP contribution in [0.15, 0.2) is 36.2 Å². The quantitative estimate of drug-likeness (QED) is 0.279. The normalized spacial score (nSPS) is 10.7. The smallest absolute Gasteiger partial charge is 0.257 e. The Morgan fingerprint density at radius 3 is 2.32 bits per heavy atom. The Labute approximate surface area is 210 Å². The van der Waals surface area contributed by atoms with E-state index in [9.17, 15) is 9.90 Å². The maximum atomic E-state index is 11.6. The standard InChI is InChI=1S/C11H19N3OS.C10H14N2O2.2C2H6/c1-4-6-7-10(15-3)9(5-2)13-11-8-12-16-14-11;1-11-8-6-4-5-7(9(8)13)10(14)12(2)3;2*1-2/h7-9H,4-6H2,1-3H3,(H,13,14);4-6,11,13H,1-3H3;2*1-2H3/b10-7-;;;/t9-;;;/m1.../s1. The molecule has 2 aromatic rings. The number of amides is 1. The average molecular weight is 496 g/mol. The molecule has 0 fully saturated rings. The summed E-state index contributed by atoms with van der Waals surface area (Å²) in [6, 6.07) is 5.21. The minimum atomic E-state index is -0.209. The Morgan fingerprint density at radius 1 is 1.24 bits per heavy atom. The monoisotopic (exact) mass is 495 g/mol. The first-order chi connectivity index (χ1) is 16.4. The summed E-state index contributed by atoms with van der Waals surface area (Å²) in [7, 11) is 6.70. The van der Waals surface area contributed by atoms with Gasteiger partial charge in [0.05, 0.1) is 42.3 Å². The molecule has 2 rings (SSSR count). The minimum absolute atomic E-state index is 0.00583. The number of hydrogen-bond acceptors (Lipinski definition) is 8. The largest absolute Gasteiger partial charge is 0.505 e. The number of aromatic hydroxyl groups is 1. The molecule has 0 aliphatic rings. The summed E-state index contributed by atoms with van der Waals surface area (Å²) < 4.78 is 13.5. The third-order valence-electron chi connectivity index (χ3n) is 4.25. The van der Waals surface area contributed by atoms with E-state index in [1.165, 1.54) is 16.6 Å². The fourth-order valence-electron chi connectivity index (χ4n) is 2.59. The van der Waals surface area contributed by atoms with E-state index in [1.807, 2.05) is 27.7 Å². The minimum Gasteiger partial charge on any atom is -0.505 e. The molecule has 1 aromatic heterocycles. The van der Waals surface area contributed by atoms with Gasteiger partial charge in [-0.2, -0.15) is 8.75 Å². The number of anilines is 2. The van der Waals surface area contributed by atoms with Gasteiger partial charge in [0.25, 0.3) is 5.91 Å². The Hall–Kier alpha value is -2.81. The Kier molecular flexibility index (Phi) is 20.4. The van der Waals surface area contributed by atoms with E-state index in [4.69, 9.17) is 4.74 Å². The molecule has 1 heterocycles. The van der Waals surface area contributed by atoms with Crippen LogP contribution in [0.4, 0.5) is 11.5 Å². The van der Waals surface area contributed by atoms with Crippen molar-refractivity contribution < 1.29 is 14.6 Å². The zero-order chi connectivity index (χ0) is 26.5. The molecule has 0 spiro atoms. The van der Waals surface area contributed by atoms with Crippen molar-refractivity contribution >= 4 is 29.1 Å². The number of unbranched alkanes of at least 4 members (excludes halogenated alkanes) is 1. The first-order valence-electron chi connectivity index (χ1n) is 11.9. The van der Waals surface area contributed by atoms with E-state index in [0.29, 0.717) is 11.3 Å². The molecule has 34 heavy (non-hydrogen) atoms. The summed E-state index contributed by atoms with van der Waals surface area (Å²) in [4.78, 5) is 13.0. The molecule has 3 N–H and O–H groups in total. The molecule has 0 aliphatic heterocycles. The van der Waals surface area contributed by atoms with Crippen LogP contribution in [0, 0.1) is 0 Å². The van der Waals surface area contributed by atoms with Crippen LogP contribution >= 0.6 is 11.7 Å². The number of carbonyl (C=O) groups excluding carboxylic acids is 1. The van der Waals surface area contributed by atoms with Gasteiger partial charge in [0, 0.05) is 21.1 Å². The van der Waals surface area contributed by atoms with E-state index >= 15 is 0 Å². The molecule has 1 amide bonds. The molecule has 0 radical (unpaired) electrons. The van der Waals surface area contributed by atoms with E-state index < -0.39 is 0 Å². The Bertz CT molecular complexity index is 796. The second-order valence-electron chi connectivity index (χ2n) is 6.65. The van der Waals surface area contributed by atoms with Crippen LogP contribution in [-0.4, -0.2) is 59.0 Å². The van der Waals surface area contributed by atoms with Gasteiger partial charge in [0.1, 0.15) is 5.76 Å². The zero-order valence-corrected chi connectivity index (χ0v) is 23.4. The van der Waals surface area contributed by atoms with Crippen molar-refractivity contribution in [3.8, 4) is 5.75 Å². The van der Waals surface area contributed by atoms with Crippen LogP contribution in [-0.2, 0) is 4.74 Å². The van der Waals surface area contributed by atoms with Crippen LogP contribution in [0.2, 0.25) is 0 Å². The highest BCUT2D eigenvalue weighted by Crippen LogP contribution is 2.27. The van der Waals surface area contributed by atoms with E-state index in [0.717, 1.165) is 30.8 Å². The first-order valence-corrected chi connectivity index (χ1v) is 12.6. The summed E-state index contributed by atoms with van der Waals surface area (Å²) in [6.07, 6.45) is 7.00. The fourth-order valence-corrected chi connectivity index (χ4v) is 2.98. The van der Waals surface area contributed by atoms with Crippen LogP contribution in [0.1, 0.15) is 71.2 Å². The van der Waals surface area contributed by atoms with Gasteiger partial charge in [-0.15, -0.1) is 0 Å². The summed E-state index contributed by atoms with van der Waals surface area (Å²) in [5.74, 6) is 1.59. The third-order valence-corrected chi connectivity index (χ3v) is 4.72. The lowest BCUT2D eigenvalue weighted by Crippen LogP contribution is -2.22. The second-order valence-corrected chi connectivity index (χ2v) is 7.21. The van der Waals surface area contributed by atoms with Crippen molar-refractivity contribution in [2.45, 2.75) is 66.8 Å². The molecule has 8 nitrogen and oxygen atoms in total. The number of phenols is 1. The van der Waals surface area contributed by atoms with Gasteiger partial charge in [-0.1, -0.05) is 54.0 Å². The number of allylic oxidation sites excluding steroid dienone is 1. The highest BCUT2D eigenvalue weighted by molar-refractivity contribution is 6.99. The third kappa shape index (κ3) is 11.9. The average Bonchev–Trinajstić information content (AvgIpc) is 3.39. The number of para-hydroxylation sites is 1. The number of aromatic nitrogens is 2. The van der Waals surface area contributed by atoms with Crippen molar-refractivity contribution in [2.24, 2.45) is 0 Å². The summed E-state index contributed by atoms with van der Waals surface area (Å²) >= 11 is 1.21. The molecule has 9 heteroatoms. The molecular formula is C25H45N5O3S. The zero-order valence-electron chi connectivity index (χ0n) is 22.6. The number of rotatable bonds is 9. The van der Waals surface area contributed by atoms with Gasteiger partial charge < -0.3 is 25.4 Å². The lowest BCUT2D eigenvalue weighted by atomic mass is 10.1. The highest BCUT2D eigenvalue weighted by Gasteiger charge is 2.15. The Balaban J connectivity index is 0. The summed E-state index contributed by atoms with van der Waals surface area (Å²) in [5, 5.41) is 15.8. The number of methoxy groups -OCH3 is 1. The molecule has 0 aliphatic carbocycles. The number of benzene rings is 1. The summed E-state index contributed by atoms with van der Waals surface area (Å²) in [5.41, 5.74) is 0.861. The number of nitrogens with zero attached hydrogens (tertiary/aromatic N) is 3. The molecule has 194 valence electrons. The molecule has 1 aromatic carbocycles. The number of phenolic OH excluding ortho intramolecular Hbond substituents is 1. The highest BCUT2D eigenvalue weighted by atomic mass is 32.1. The molecule has 0 unspecified atom stereocenters.